The molecule has 8 heteroatoms. The van der Waals surface area contributed by atoms with Gasteiger partial charge >= 0.3 is 12.2 Å². The molecular weight excluding hydrogens is 408 g/mol. The van der Waals surface area contributed by atoms with E-state index in [0.29, 0.717) is 11.8 Å². The van der Waals surface area contributed by atoms with E-state index in [4.69, 9.17) is 9.47 Å². The summed E-state index contributed by atoms with van der Waals surface area (Å²) in [5, 5.41) is 12.5. The highest BCUT2D eigenvalue weighted by atomic mass is 16.6. The minimum atomic E-state index is -0.402. The van der Waals surface area contributed by atoms with Crippen molar-refractivity contribution in [3.8, 4) is 0 Å². The third-order valence-electron chi connectivity index (χ3n) is 7.02. The molecule has 4 rings (SSSR count). The van der Waals surface area contributed by atoms with Crippen LogP contribution >= 0.6 is 0 Å². The highest BCUT2D eigenvalue weighted by Gasteiger charge is 2.44. The molecule has 4 N–H and O–H groups in total. The molecule has 2 amide bonds. The molecular formula is C24H44N4O4. The largest absolute Gasteiger partial charge is 0.444 e. The molecule has 0 aromatic heterocycles. The number of amides is 2. The summed E-state index contributed by atoms with van der Waals surface area (Å²) in [5.41, 5.74) is -0.803. The number of fused-ring (bicyclic) bond motifs is 2. The number of carbonyl (C=O) groups is 2. The summed E-state index contributed by atoms with van der Waals surface area (Å²) in [7, 11) is 0. The summed E-state index contributed by atoms with van der Waals surface area (Å²) in [4.78, 5) is 22.9. The Kier molecular flexibility index (Phi) is 7.97. The Morgan fingerprint density at radius 2 is 1.09 bits per heavy atom. The zero-order valence-corrected chi connectivity index (χ0v) is 20.8. The fraction of sp³-hybridized carbons (Fsp3) is 0.917. The van der Waals surface area contributed by atoms with Crippen LogP contribution in [0.4, 0.5) is 9.59 Å². The second kappa shape index (κ2) is 10.2. The van der Waals surface area contributed by atoms with E-state index >= 15 is 0 Å². The second-order valence-corrected chi connectivity index (χ2v) is 11.9. The summed E-state index contributed by atoms with van der Waals surface area (Å²) in [5.74, 6) is 4.54. The van der Waals surface area contributed by atoms with Gasteiger partial charge in [0.15, 0.2) is 0 Å². The van der Waals surface area contributed by atoms with Crippen molar-refractivity contribution < 1.29 is 19.1 Å². The molecule has 2 aliphatic carbocycles. The van der Waals surface area contributed by atoms with E-state index in [1.807, 2.05) is 41.5 Å². The monoisotopic (exact) mass is 452 g/mol. The summed E-state index contributed by atoms with van der Waals surface area (Å²) in [6.07, 6.45) is 1.91. The van der Waals surface area contributed by atoms with Crippen molar-refractivity contribution in [3.63, 3.8) is 0 Å². The standard InChI is InChI=1S/2C12H22N2O2/c2*1-12(2,3)16-11(15)14-6-9-4-8-5-13-7-10(8)9/h2*8-10,13H,4-7H2,1-3H3,(H,14,15)/t2*8-,9-,10+/m10/s1. The molecule has 0 bridgehead atoms. The molecule has 2 heterocycles. The molecule has 4 fully saturated rings. The normalized spacial score (nSPS) is 32.8. The van der Waals surface area contributed by atoms with Gasteiger partial charge in [0.05, 0.1) is 0 Å². The van der Waals surface area contributed by atoms with Gasteiger partial charge in [-0.2, -0.15) is 0 Å². The van der Waals surface area contributed by atoms with Crippen molar-refractivity contribution >= 4 is 12.2 Å². The summed E-state index contributed by atoms with van der Waals surface area (Å²) in [6, 6.07) is 0. The Hall–Kier alpha value is -1.54. The predicted octanol–water partition coefficient (Wildman–Crippen LogP) is 2.73. The zero-order chi connectivity index (χ0) is 23.5. The van der Waals surface area contributed by atoms with E-state index in [2.05, 4.69) is 21.3 Å². The zero-order valence-electron chi connectivity index (χ0n) is 20.8. The predicted molar refractivity (Wildman–Crippen MR) is 124 cm³/mol. The van der Waals surface area contributed by atoms with Crippen molar-refractivity contribution in [1.82, 2.24) is 21.3 Å². The highest BCUT2D eigenvalue weighted by molar-refractivity contribution is 5.68. The highest BCUT2D eigenvalue weighted by Crippen LogP contribution is 2.42. The number of alkyl carbamates (subject to hydrolysis) is 2. The van der Waals surface area contributed by atoms with E-state index in [0.717, 1.165) is 62.9 Å². The van der Waals surface area contributed by atoms with E-state index in [1.54, 1.807) is 0 Å². The Balaban J connectivity index is 0.000000181. The Bertz CT molecular complexity index is 601. The third-order valence-corrected chi connectivity index (χ3v) is 7.02. The Morgan fingerprint density at radius 1 is 0.719 bits per heavy atom. The maximum Gasteiger partial charge on any atom is 0.407 e. The lowest BCUT2D eigenvalue weighted by Gasteiger charge is -2.39. The van der Waals surface area contributed by atoms with Crippen LogP contribution in [0, 0.1) is 35.5 Å². The van der Waals surface area contributed by atoms with Crippen LogP contribution in [0.1, 0.15) is 54.4 Å². The molecule has 8 nitrogen and oxygen atoms in total. The Labute approximate surface area is 193 Å². The van der Waals surface area contributed by atoms with Gasteiger partial charge in [-0.1, -0.05) is 0 Å². The average Bonchev–Trinajstić information content (AvgIpc) is 3.16. The quantitative estimate of drug-likeness (QED) is 0.523. The lowest BCUT2D eigenvalue weighted by atomic mass is 9.67. The first-order valence-corrected chi connectivity index (χ1v) is 12.3. The maximum atomic E-state index is 11.4. The first-order valence-electron chi connectivity index (χ1n) is 12.3. The second-order valence-electron chi connectivity index (χ2n) is 11.9. The topological polar surface area (TPSA) is 101 Å². The number of rotatable bonds is 4. The minimum absolute atomic E-state index is 0.290. The third kappa shape index (κ3) is 7.24. The minimum Gasteiger partial charge on any atom is -0.444 e. The van der Waals surface area contributed by atoms with Crippen molar-refractivity contribution in [3.05, 3.63) is 0 Å². The molecule has 2 saturated heterocycles. The van der Waals surface area contributed by atoms with Crippen molar-refractivity contribution in [1.29, 1.82) is 0 Å². The van der Waals surface area contributed by atoms with E-state index < -0.39 is 11.2 Å². The van der Waals surface area contributed by atoms with Crippen LogP contribution in [0.2, 0.25) is 0 Å². The van der Waals surface area contributed by atoms with Crippen LogP contribution in [0.15, 0.2) is 0 Å². The van der Waals surface area contributed by atoms with Crippen molar-refractivity contribution in [2.75, 3.05) is 39.3 Å². The van der Waals surface area contributed by atoms with Gasteiger partial charge in [-0.3, -0.25) is 0 Å². The number of carbonyl (C=O) groups excluding carboxylic acids is 2. The lowest BCUT2D eigenvalue weighted by Crippen LogP contribution is -2.44. The van der Waals surface area contributed by atoms with Crippen LogP contribution in [0.25, 0.3) is 0 Å². The van der Waals surface area contributed by atoms with Gasteiger partial charge in [0.2, 0.25) is 0 Å². The number of hydrogen-bond donors (Lipinski definition) is 4. The van der Waals surface area contributed by atoms with Gasteiger partial charge in [-0.25, -0.2) is 9.59 Å². The molecule has 0 radical (unpaired) electrons. The van der Waals surface area contributed by atoms with Crippen LogP contribution in [-0.4, -0.2) is 62.7 Å². The molecule has 0 spiro atoms. The molecule has 32 heavy (non-hydrogen) atoms. The van der Waals surface area contributed by atoms with E-state index in [-0.39, 0.29) is 12.2 Å². The molecule has 6 atom stereocenters. The molecule has 2 aliphatic heterocycles. The first-order chi connectivity index (χ1) is 14.9. The van der Waals surface area contributed by atoms with Crippen LogP contribution in [0.5, 0.6) is 0 Å². The van der Waals surface area contributed by atoms with E-state index in [1.165, 1.54) is 12.8 Å². The number of nitrogens with one attached hydrogen (secondary N) is 4. The van der Waals surface area contributed by atoms with E-state index in [9.17, 15) is 9.59 Å². The van der Waals surface area contributed by atoms with Gasteiger partial charge < -0.3 is 30.7 Å². The van der Waals surface area contributed by atoms with Crippen molar-refractivity contribution in [2.24, 2.45) is 35.5 Å². The van der Waals surface area contributed by atoms with Crippen LogP contribution in [-0.2, 0) is 9.47 Å². The molecule has 0 unspecified atom stereocenters. The van der Waals surface area contributed by atoms with Gasteiger partial charge in [-0.15, -0.1) is 0 Å². The summed E-state index contributed by atoms with van der Waals surface area (Å²) < 4.78 is 10.4. The maximum absolute atomic E-state index is 11.4. The number of hydrogen-bond acceptors (Lipinski definition) is 6. The van der Waals surface area contributed by atoms with Crippen LogP contribution in [0.3, 0.4) is 0 Å². The number of ether oxygens (including phenoxy) is 2. The average molecular weight is 453 g/mol. The summed E-state index contributed by atoms with van der Waals surface area (Å²) >= 11 is 0. The first kappa shape index (κ1) is 25.1. The Morgan fingerprint density at radius 3 is 1.41 bits per heavy atom. The molecule has 2 saturated carbocycles. The summed E-state index contributed by atoms with van der Waals surface area (Å²) in [6.45, 7) is 17.4. The fourth-order valence-electron chi connectivity index (χ4n) is 5.39. The lowest BCUT2D eigenvalue weighted by molar-refractivity contribution is 0.0458. The van der Waals surface area contributed by atoms with Crippen LogP contribution < -0.4 is 21.3 Å². The SMILES string of the molecule is CC(C)(C)OC(=O)NC[C@@H]1C[C@H]2CNC[C@H]21.CC(C)(C)OC(=O)NC[C@H]1C[C@@H]2CNC[C@@H]21. The molecule has 0 aromatic carbocycles. The smallest absolute Gasteiger partial charge is 0.407 e. The van der Waals surface area contributed by atoms with Crippen molar-refractivity contribution in [2.45, 2.75) is 65.6 Å². The molecule has 184 valence electrons. The van der Waals surface area contributed by atoms with Gasteiger partial charge in [-0.05, 0) is 116 Å². The molecule has 0 aromatic rings. The molecule has 4 aliphatic rings. The van der Waals surface area contributed by atoms with Gasteiger partial charge in [0.1, 0.15) is 11.2 Å². The van der Waals surface area contributed by atoms with Gasteiger partial charge in [0, 0.05) is 13.1 Å². The fourth-order valence-corrected chi connectivity index (χ4v) is 5.39. The van der Waals surface area contributed by atoms with Gasteiger partial charge in [0.25, 0.3) is 0 Å².